The molecule has 1 aliphatic rings. The molecule has 0 unspecified atom stereocenters. The van der Waals surface area contributed by atoms with Crippen molar-refractivity contribution >= 4 is 17.0 Å². The maximum absolute atomic E-state index is 10.1. The molecule has 0 bridgehead atoms. The van der Waals surface area contributed by atoms with Gasteiger partial charge < -0.3 is 25.5 Å². The molecule has 3 heterocycles. The molecule has 0 saturated carbocycles. The topological polar surface area (TPSA) is 177 Å². The third-order valence-corrected chi connectivity index (χ3v) is 3.36. The lowest BCUT2D eigenvalue weighted by Crippen LogP contribution is -2.34. The Morgan fingerprint density at radius 2 is 2.32 bits per heavy atom. The Bertz CT molecular complexity index is 729. The number of imidazole rings is 1. The van der Waals surface area contributed by atoms with Crippen LogP contribution in [0, 0.1) is 0 Å². The van der Waals surface area contributed by atoms with Crippen LogP contribution in [-0.2, 0) is 9.57 Å². The summed E-state index contributed by atoms with van der Waals surface area (Å²) in [5.74, 6) is 0.188. The second-order valence-electron chi connectivity index (χ2n) is 4.56. The number of hydrogen-bond acceptors (Lipinski definition) is 9. The standard InChI is InChI=1S/C10H12N8O4/c11-8-5-9(14-2-13-8)18(3-15-5)10-7(22-17-16-12)6(20)4(1-19)21-10/h2-4,6-7,10,19-20H,1H2,(H2,11,13,14)/t4-,6+,7-,10-/m1/s1. The molecule has 22 heavy (non-hydrogen) atoms. The monoisotopic (exact) mass is 308 g/mol. The van der Waals surface area contributed by atoms with Gasteiger partial charge in [0.15, 0.2) is 23.8 Å². The maximum atomic E-state index is 10.1. The van der Waals surface area contributed by atoms with Gasteiger partial charge in [0.25, 0.3) is 0 Å². The van der Waals surface area contributed by atoms with Crippen LogP contribution in [0.3, 0.4) is 0 Å². The first-order valence-electron chi connectivity index (χ1n) is 6.25. The summed E-state index contributed by atoms with van der Waals surface area (Å²) in [7, 11) is 0. The second kappa shape index (κ2) is 5.61. The summed E-state index contributed by atoms with van der Waals surface area (Å²) in [6.45, 7) is -0.433. The van der Waals surface area contributed by atoms with Crippen LogP contribution in [-0.4, -0.2) is 54.7 Å². The molecule has 1 aliphatic heterocycles. The van der Waals surface area contributed by atoms with Crippen molar-refractivity contribution in [3.8, 4) is 0 Å². The Kier molecular flexibility index (Phi) is 3.65. The minimum Gasteiger partial charge on any atom is -0.422 e. The van der Waals surface area contributed by atoms with Crippen LogP contribution in [0.25, 0.3) is 21.6 Å². The molecule has 0 spiro atoms. The molecule has 1 saturated heterocycles. The highest BCUT2D eigenvalue weighted by Crippen LogP contribution is 2.33. The Hall–Kier alpha value is -2.66. The van der Waals surface area contributed by atoms with Gasteiger partial charge >= 0.3 is 0 Å². The van der Waals surface area contributed by atoms with Crippen molar-refractivity contribution in [3.63, 3.8) is 0 Å². The van der Waals surface area contributed by atoms with Crippen LogP contribution < -0.4 is 5.73 Å². The first-order valence-corrected chi connectivity index (χ1v) is 6.25. The summed E-state index contributed by atoms with van der Waals surface area (Å²) in [6.07, 6.45) is -1.40. The fourth-order valence-corrected chi connectivity index (χ4v) is 2.34. The van der Waals surface area contributed by atoms with Crippen LogP contribution in [0.5, 0.6) is 0 Å². The smallest absolute Gasteiger partial charge is 0.181 e. The minimum atomic E-state index is -1.20. The lowest BCUT2D eigenvalue weighted by Gasteiger charge is -2.19. The van der Waals surface area contributed by atoms with E-state index >= 15 is 0 Å². The van der Waals surface area contributed by atoms with Gasteiger partial charge in [-0.25, -0.2) is 15.0 Å². The molecule has 0 amide bonds. The number of hydrogen-bond donors (Lipinski definition) is 3. The van der Waals surface area contributed by atoms with Crippen LogP contribution in [0.1, 0.15) is 6.23 Å². The van der Waals surface area contributed by atoms with E-state index < -0.39 is 31.1 Å². The molecule has 4 N–H and O–H groups in total. The molecule has 12 heteroatoms. The van der Waals surface area contributed by atoms with Gasteiger partial charge in [-0.05, 0) is 5.53 Å². The number of azide groups is 1. The summed E-state index contributed by atoms with van der Waals surface area (Å²) in [5.41, 5.74) is 14.8. The van der Waals surface area contributed by atoms with E-state index in [4.69, 9.17) is 20.8 Å². The number of nitrogens with two attached hydrogens (primary N) is 1. The van der Waals surface area contributed by atoms with Gasteiger partial charge in [0.1, 0.15) is 29.3 Å². The highest BCUT2D eigenvalue weighted by atomic mass is 16.7. The largest absolute Gasteiger partial charge is 0.422 e. The molecular weight excluding hydrogens is 296 g/mol. The molecule has 12 nitrogen and oxygen atoms in total. The van der Waals surface area contributed by atoms with Crippen molar-refractivity contribution in [2.75, 3.05) is 12.3 Å². The van der Waals surface area contributed by atoms with Crippen molar-refractivity contribution < 1.29 is 19.8 Å². The third-order valence-electron chi connectivity index (χ3n) is 3.36. The summed E-state index contributed by atoms with van der Waals surface area (Å²) >= 11 is 0. The number of aliphatic hydroxyl groups excluding tert-OH is 2. The second-order valence-corrected chi connectivity index (χ2v) is 4.56. The number of nitrogen functional groups attached to an aromatic ring is 1. The third kappa shape index (κ3) is 2.16. The molecule has 2 aromatic heterocycles. The summed E-state index contributed by atoms with van der Waals surface area (Å²) in [6, 6.07) is 0. The predicted octanol–water partition coefficient (Wildman–Crippen LogP) is -0.730. The highest BCUT2D eigenvalue weighted by Gasteiger charge is 2.46. The quantitative estimate of drug-likeness (QED) is 0.286. The first-order chi connectivity index (χ1) is 10.7. The number of rotatable bonds is 4. The number of aromatic nitrogens is 4. The van der Waals surface area contributed by atoms with Gasteiger partial charge in [0.05, 0.1) is 12.9 Å². The van der Waals surface area contributed by atoms with E-state index in [9.17, 15) is 10.2 Å². The Balaban J connectivity index is 2.03. The average Bonchev–Trinajstić information content (AvgIpc) is 3.07. The number of aliphatic hydroxyl groups is 2. The van der Waals surface area contributed by atoms with E-state index in [1.807, 2.05) is 0 Å². The minimum absolute atomic E-state index is 0.188. The van der Waals surface area contributed by atoms with Crippen LogP contribution in [0.4, 0.5) is 5.82 Å². The van der Waals surface area contributed by atoms with E-state index in [0.29, 0.717) is 11.2 Å². The van der Waals surface area contributed by atoms with Gasteiger partial charge in [-0.1, -0.05) is 0 Å². The zero-order chi connectivity index (χ0) is 15.7. The molecule has 1 fully saturated rings. The lowest BCUT2D eigenvalue weighted by atomic mass is 10.1. The van der Waals surface area contributed by atoms with Crippen LogP contribution in [0.2, 0.25) is 0 Å². The summed E-state index contributed by atoms with van der Waals surface area (Å²) in [4.78, 5) is 19.4. The highest BCUT2D eigenvalue weighted by molar-refractivity contribution is 5.81. The average molecular weight is 308 g/mol. The van der Waals surface area contributed by atoms with E-state index in [2.05, 4.69) is 25.1 Å². The Morgan fingerprint density at radius 3 is 3.05 bits per heavy atom. The fourth-order valence-electron chi connectivity index (χ4n) is 2.34. The number of fused-ring (bicyclic) bond motifs is 1. The Labute approximate surface area is 122 Å². The van der Waals surface area contributed by atoms with E-state index in [1.165, 1.54) is 17.2 Å². The van der Waals surface area contributed by atoms with Crippen molar-refractivity contribution in [2.24, 2.45) is 5.28 Å². The van der Waals surface area contributed by atoms with E-state index in [0.717, 1.165) is 0 Å². The van der Waals surface area contributed by atoms with E-state index in [-0.39, 0.29) is 5.82 Å². The van der Waals surface area contributed by atoms with Crippen molar-refractivity contribution in [1.29, 1.82) is 0 Å². The molecule has 0 radical (unpaired) electrons. The molecule has 2 aromatic rings. The van der Waals surface area contributed by atoms with Crippen molar-refractivity contribution in [3.05, 3.63) is 23.1 Å². The fraction of sp³-hybridized carbons (Fsp3) is 0.500. The molecule has 0 aromatic carbocycles. The molecule has 4 atom stereocenters. The van der Waals surface area contributed by atoms with Crippen LogP contribution >= 0.6 is 0 Å². The SMILES string of the molecule is [N-]=[N+]=NO[C@@H]1[C@@H](O)[C@@H](CO)O[C@H]1n1cnc2c(N)ncnc21. The maximum Gasteiger partial charge on any atom is 0.181 e. The number of anilines is 1. The molecule has 3 rings (SSSR count). The summed E-state index contributed by atoms with van der Waals surface area (Å²) in [5, 5.41) is 22.3. The van der Waals surface area contributed by atoms with Gasteiger partial charge in [-0.15, -0.1) is 0 Å². The normalized spacial score (nSPS) is 27.7. The van der Waals surface area contributed by atoms with Crippen molar-refractivity contribution in [1.82, 2.24) is 19.5 Å². The number of nitrogens with zero attached hydrogens (tertiary/aromatic N) is 7. The zero-order valence-corrected chi connectivity index (χ0v) is 11.1. The van der Waals surface area contributed by atoms with Crippen molar-refractivity contribution in [2.45, 2.75) is 24.5 Å². The van der Waals surface area contributed by atoms with Gasteiger partial charge in [-0.2, -0.15) is 0 Å². The molecule has 0 aliphatic carbocycles. The van der Waals surface area contributed by atoms with Gasteiger partial charge in [0.2, 0.25) is 0 Å². The van der Waals surface area contributed by atoms with Crippen LogP contribution in [0.15, 0.2) is 17.9 Å². The zero-order valence-electron chi connectivity index (χ0n) is 11.1. The lowest BCUT2D eigenvalue weighted by molar-refractivity contribution is -0.0711. The van der Waals surface area contributed by atoms with Gasteiger partial charge in [-0.3, -0.25) is 4.57 Å². The van der Waals surface area contributed by atoms with E-state index in [1.54, 1.807) is 0 Å². The molecule has 116 valence electrons. The van der Waals surface area contributed by atoms with Gasteiger partial charge in [0, 0.05) is 4.91 Å². The predicted molar refractivity (Wildman–Crippen MR) is 70.8 cm³/mol. The number of ether oxygens (including phenoxy) is 1. The summed E-state index contributed by atoms with van der Waals surface area (Å²) < 4.78 is 7.00. The Morgan fingerprint density at radius 1 is 1.50 bits per heavy atom. The first kappa shape index (κ1) is 14.3. The molecular formula is C10H12N8O4.